The highest BCUT2D eigenvalue weighted by Gasteiger charge is 2.01. The highest BCUT2D eigenvalue weighted by Crippen LogP contribution is 2.08. The summed E-state index contributed by atoms with van der Waals surface area (Å²) in [6.07, 6.45) is 7.55. The second-order valence-corrected chi connectivity index (χ2v) is 5.66. The van der Waals surface area contributed by atoms with E-state index in [1.807, 2.05) is 0 Å². The summed E-state index contributed by atoms with van der Waals surface area (Å²) in [5.41, 5.74) is 0. The number of hydrogen-bond acceptors (Lipinski definition) is 4. The van der Waals surface area contributed by atoms with Gasteiger partial charge < -0.3 is 10.6 Å². The van der Waals surface area contributed by atoms with Gasteiger partial charge in [0.1, 0.15) is 0 Å². The fourth-order valence-corrected chi connectivity index (χ4v) is 2.07. The predicted octanol–water partition coefficient (Wildman–Crippen LogP) is 2.20. The van der Waals surface area contributed by atoms with Gasteiger partial charge in [0.15, 0.2) is 0 Å². The van der Waals surface area contributed by atoms with Crippen molar-refractivity contribution in [1.82, 2.24) is 10.6 Å². The van der Waals surface area contributed by atoms with Crippen molar-refractivity contribution in [3.63, 3.8) is 0 Å². The van der Waals surface area contributed by atoms with Crippen molar-refractivity contribution in [1.29, 1.82) is 0 Å². The van der Waals surface area contributed by atoms with Gasteiger partial charge in [-0.15, -0.1) is 0 Å². The van der Waals surface area contributed by atoms with Crippen LogP contribution in [0.3, 0.4) is 0 Å². The van der Waals surface area contributed by atoms with Crippen molar-refractivity contribution in [3.05, 3.63) is 0 Å². The van der Waals surface area contributed by atoms with E-state index >= 15 is 0 Å². The van der Waals surface area contributed by atoms with Crippen molar-refractivity contribution in [3.8, 4) is 0 Å². The van der Waals surface area contributed by atoms with Gasteiger partial charge >= 0.3 is 0 Å². The van der Waals surface area contributed by atoms with Crippen molar-refractivity contribution in [2.45, 2.75) is 51.4 Å². The molecule has 0 radical (unpaired) electrons. The van der Waals surface area contributed by atoms with Crippen molar-refractivity contribution >= 4 is 37.1 Å². The van der Waals surface area contributed by atoms with Gasteiger partial charge in [-0.25, -0.2) is 0 Å². The second-order valence-electron chi connectivity index (χ2n) is 4.77. The molecule has 20 heavy (non-hydrogen) atoms. The van der Waals surface area contributed by atoms with E-state index in [1.54, 1.807) is 0 Å². The Balaban J connectivity index is 3.20. The zero-order valence-electron chi connectivity index (χ0n) is 12.2. The lowest BCUT2D eigenvalue weighted by atomic mass is 10.1. The molecule has 6 heteroatoms. The Kier molecular flexibility index (Phi) is 14.8. The first kappa shape index (κ1) is 19.6. The van der Waals surface area contributed by atoms with Gasteiger partial charge in [-0.1, -0.05) is 25.7 Å². The van der Waals surface area contributed by atoms with Crippen LogP contribution in [0.4, 0.5) is 0 Å². The number of carbonyl (C=O) groups is 2. The Bertz CT molecular complexity index is 238. The highest BCUT2D eigenvalue weighted by molar-refractivity contribution is 7.80. The van der Waals surface area contributed by atoms with Crippen LogP contribution in [0, 0.1) is 0 Å². The fraction of sp³-hybridized carbons (Fsp3) is 0.857. The predicted molar refractivity (Wildman–Crippen MR) is 90.7 cm³/mol. The van der Waals surface area contributed by atoms with E-state index in [2.05, 4.69) is 35.9 Å². The summed E-state index contributed by atoms with van der Waals surface area (Å²) in [4.78, 5) is 22.6. The average Bonchev–Trinajstić information content (AvgIpc) is 2.45. The number of unbranched alkanes of at least 4 members (excludes halogenated alkanes) is 5. The minimum Gasteiger partial charge on any atom is -0.355 e. The molecule has 0 spiro atoms. The Labute approximate surface area is 133 Å². The minimum absolute atomic E-state index is 0.125. The monoisotopic (exact) mass is 320 g/mol. The Morgan fingerprint density at radius 3 is 1.35 bits per heavy atom. The quantitative estimate of drug-likeness (QED) is 0.311. The van der Waals surface area contributed by atoms with Gasteiger partial charge in [-0.3, -0.25) is 9.59 Å². The van der Waals surface area contributed by atoms with Crippen LogP contribution in [0.5, 0.6) is 0 Å². The standard InChI is InChI=1S/C14H28N2O2S2/c17-13(15-9-11-19)7-5-3-1-2-4-6-8-14(18)16-10-12-20/h19-20H,1-12H2,(H,15,17)(H,16,18). The molecular weight excluding hydrogens is 292 g/mol. The third kappa shape index (κ3) is 14.1. The molecule has 0 aliphatic rings. The van der Waals surface area contributed by atoms with Gasteiger partial charge in [0.2, 0.25) is 11.8 Å². The normalized spacial score (nSPS) is 10.3. The molecule has 0 aliphatic heterocycles. The van der Waals surface area contributed by atoms with Crippen LogP contribution >= 0.6 is 25.3 Å². The van der Waals surface area contributed by atoms with E-state index in [9.17, 15) is 9.59 Å². The molecule has 0 unspecified atom stereocenters. The maximum atomic E-state index is 11.3. The van der Waals surface area contributed by atoms with Gasteiger partial charge in [-0.2, -0.15) is 25.3 Å². The molecule has 118 valence electrons. The summed E-state index contributed by atoms with van der Waals surface area (Å²) >= 11 is 8.08. The first-order valence-electron chi connectivity index (χ1n) is 7.45. The maximum absolute atomic E-state index is 11.3. The van der Waals surface area contributed by atoms with E-state index in [-0.39, 0.29) is 11.8 Å². The average molecular weight is 321 g/mol. The van der Waals surface area contributed by atoms with Crippen molar-refractivity contribution in [2.75, 3.05) is 24.6 Å². The molecule has 2 amide bonds. The molecule has 2 N–H and O–H groups in total. The molecule has 0 rings (SSSR count). The second kappa shape index (κ2) is 15.0. The summed E-state index contributed by atoms with van der Waals surface area (Å²) in [5.74, 6) is 1.63. The molecule has 0 aromatic carbocycles. The van der Waals surface area contributed by atoms with Gasteiger partial charge in [0.05, 0.1) is 0 Å². The lowest BCUT2D eigenvalue weighted by Gasteiger charge is -2.04. The van der Waals surface area contributed by atoms with Crippen LogP contribution in [0.15, 0.2) is 0 Å². The SMILES string of the molecule is O=C(CCCCCCCCC(=O)NCCS)NCCS. The zero-order valence-corrected chi connectivity index (χ0v) is 14.0. The number of carbonyl (C=O) groups excluding carboxylic acids is 2. The van der Waals surface area contributed by atoms with E-state index in [4.69, 9.17) is 0 Å². The largest absolute Gasteiger partial charge is 0.355 e. The molecule has 0 aromatic rings. The third-order valence-electron chi connectivity index (χ3n) is 2.93. The van der Waals surface area contributed by atoms with Crippen molar-refractivity contribution < 1.29 is 9.59 Å². The smallest absolute Gasteiger partial charge is 0.220 e. The van der Waals surface area contributed by atoms with Crippen LogP contribution in [-0.4, -0.2) is 36.4 Å². The first-order valence-corrected chi connectivity index (χ1v) is 8.72. The van der Waals surface area contributed by atoms with Crippen LogP contribution in [-0.2, 0) is 9.59 Å². The van der Waals surface area contributed by atoms with Crippen LogP contribution in [0.1, 0.15) is 51.4 Å². The Hall–Kier alpha value is -0.360. The molecule has 0 bridgehead atoms. The molecule has 0 saturated carbocycles. The number of thiol groups is 2. The molecule has 0 aromatic heterocycles. The summed E-state index contributed by atoms with van der Waals surface area (Å²) in [6.45, 7) is 1.30. The summed E-state index contributed by atoms with van der Waals surface area (Å²) < 4.78 is 0. The fourth-order valence-electron chi connectivity index (χ4n) is 1.85. The number of nitrogens with one attached hydrogen (secondary N) is 2. The number of hydrogen-bond donors (Lipinski definition) is 4. The van der Waals surface area contributed by atoms with Crippen LogP contribution < -0.4 is 10.6 Å². The van der Waals surface area contributed by atoms with E-state index in [0.29, 0.717) is 37.4 Å². The summed E-state index contributed by atoms with van der Waals surface area (Å²) in [7, 11) is 0. The van der Waals surface area contributed by atoms with Gasteiger partial charge in [0, 0.05) is 37.4 Å². The molecular formula is C14H28N2O2S2. The van der Waals surface area contributed by atoms with Crippen LogP contribution in [0.25, 0.3) is 0 Å². The lowest BCUT2D eigenvalue weighted by Crippen LogP contribution is -2.24. The highest BCUT2D eigenvalue weighted by atomic mass is 32.1. The number of rotatable bonds is 13. The summed E-state index contributed by atoms with van der Waals surface area (Å²) in [6, 6.07) is 0. The summed E-state index contributed by atoms with van der Waals surface area (Å²) in [5, 5.41) is 5.62. The van der Waals surface area contributed by atoms with Gasteiger partial charge in [0.25, 0.3) is 0 Å². The maximum Gasteiger partial charge on any atom is 0.220 e. The van der Waals surface area contributed by atoms with E-state index < -0.39 is 0 Å². The van der Waals surface area contributed by atoms with E-state index in [1.165, 1.54) is 0 Å². The third-order valence-corrected chi connectivity index (χ3v) is 3.37. The molecule has 0 atom stereocenters. The van der Waals surface area contributed by atoms with Crippen molar-refractivity contribution in [2.24, 2.45) is 0 Å². The molecule has 0 aliphatic carbocycles. The molecule has 0 fully saturated rings. The van der Waals surface area contributed by atoms with E-state index in [0.717, 1.165) is 38.5 Å². The topological polar surface area (TPSA) is 58.2 Å². The molecule has 0 heterocycles. The zero-order chi connectivity index (χ0) is 15.1. The van der Waals surface area contributed by atoms with Crippen LogP contribution in [0.2, 0.25) is 0 Å². The Morgan fingerprint density at radius 2 is 1.00 bits per heavy atom. The number of amides is 2. The minimum atomic E-state index is 0.125. The molecule has 0 saturated heterocycles. The molecule has 4 nitrogen and oxygen atoms in total. The first-order chi connectivity index (χ1) is 9.70. The lowest BCUT2D eigenvalue weighted by molar-refractivity contribution is -0.121. The van der Waals surface area contributed by atoms with Gasteiger partial charge in [-0.05, 0) is 12.8 Å². The Morgan fingerprint density at radius 1 is 0.650 bits per heavy atom.